The number of carboxylic acids is 1. The molecule has 0 aliphatic carbocycles. The number of nitrogens with one attached hydrogen (secondary N) is 2. The summed E-state index contributed by atoms with van der Waals surface area (Å²) in [4.78, 5) is 27.1. The van der Waals surface area contributed by atoms with Crippen LogP contribution in [0.15, 0.2) is 85.1 Å². The average Bonchev–Trinajstić information content (AvgIpc) is 3.24. The predicted molar refractivity (Wildman–Crippen MR) is 124 cm³/mol. The highest BCUT2D eigenvalue weighted by Gasteiger charge is 2.23. The number of carbonyl (C=O) groups excluding carboxylic acids is 1. The predicted octanol–water partition coefficient (Wildman–Crippen LogP) is 4.67. The Morgan fingerprint density at radius 2 is 1.58 bits per heavy atom. The van der Waals surface area contributed by atoms with Crippen LogP contribution in [0.1, 0.15) is 16.7 Å². The molecule has 0 spiro atoms. The molecule has 1 aromatic heterocycles. The van der Waals surface area contributed by atoms with Gasteiger partial charge in [-0.05, 0) is 34.9 Å². The first-order valence-corrected chi connectivity index (χ1v) is 10.6. The van der Waals surface area contributed by atoms with E-state index >= 15 is 0 Å². The Balaban J connectivity index is 1.41. The van der Waals surface area contributed by atoms with E-state index in [1.807, 2.05) is 78.9 Å². The van der Waals surface area contributed by atoms with Crippen molar-refractivity contribution in [3.63, 3.8) is 0 Å². The number of fused-ring (bicyclic) bond motifs is 1. The maximum atomic E-state index is 12.2. The van der Waals surface area contributed by atoms with E-state index in [9.17, 15) is 14.7 Å². The number of hydrogen-bond donors (Lipinski definition) is 3. The van der Waals surface area contributed by atoms with Gasteiger partial charge in [0, 0.05) is 23.5 Å². The first kappa shape index (κ1) is 22.0. The number of aliphatic carboxylic acids is 1. The van der Waals surface area contributed by atoms with Gasteiger partial charge >= 0.3 is 12.1 Å². The van der Waals surface area contributed by atoms with Crippen LogP contribution < -0.4 is 10.1 Å². The lowest BCUT2D eigenvalue weighted by molar-refractivity contribution is -0.139. The lowest BCUT2D eigenvalue weighted by atomic mass is 10.0. The summed E-state index contributed by atoms with van der Waals surface area (Å²) in [5, 5.41) is 12.9. The van der Waals surface area contributed by atoms with E-state index in [1.54, 1.807) is 6.20 Å². The molecule has 1 amide bonds. The molecule has 0 unspecified atom stereocenters. The Labute approximate surface area is 191 Å². The summed E-state index contributed by atoms with van der Waals surface area (Å²) < 4.78 is 11.1. The minimum atomic E-state index is -1.14. The Bertz CT molecular complexity index is 1220. The lowest BCUT2D eigenvalue weighted by Crippen LogP contribution is -2.42. The minimum Gasteiger partial charge on any atom is -0.489 e. The van der Waals surface area contributed by atoms with Crippen molar-refractivity contribution in [2.24, 2.45) is 0 Å². The molecule has 0 bridgehead atoms. The molecule has 0 aliphatic rings. The van der Waals surface area contributed by atoms with Crippen molar-refractivity contribution in [1.82, 2.24) is 10.3 Å². The number of aromatic nitrogens is 1. The normalized spacial score (nSPS) is 11.6. The molecule has 1 atom stereocenters. The molecular formula is C26H24N2O5. The van der Waals surface area contributed by atoms with Gasteiger partial charge in [-0.2, -0.15) is 0 Å². The number of rotatable bonds is 9. The van der Waals surface area contributed by atoms with Gasteiger partial charge in [0.1, 0.15) is 25.0 Å². The summed E-state index contributed by atoms with van der Waals surface area (Å²) in [6.07, 6.45) is 1.06. The van der Waals surface area contributed by atoms with Gasteiger partial charge in [-0.1, -0.05) is 60.7 Å². The molecular weight excluding hydrogens is 420 g/mol. The molecule has 0 aliphatic heterocycles. The molecule has 4 aromatic rings. The zero-order valence-electron chi connectivity index (χ0n) is 17.9. The number of benzene rings is 3. The quantitative estimate of drug-likeness (QED) is 0.348. The molecule has 7 nitrogen and oxygen atoms in total. The van der Waals surface area contributed by atoms with E-state index < -0.39 is 18.1 Å². The second-order valence-corrected chi connectivity index (χ2v) is 7.60. The number of H-pyrrole nitrogens is 1. The fraction of sp³-hybridized carbons (Fsp3) is 0.154. The fourth-order valence-corrected chi connectivity index (χ4v) is 3.48. The molecule has 1 heterocycles. The number of alkyl carbamates (subject to hydrolysis) is 1. The highest BCUT2D eigenvalue weighted by molar-refractivity contribution is 5.86. The summed E-state index contributed by atoms with van der Waals surface area (Å²) in [6.45, 7) is 0.493. The van der Waals surface area contributed by atoms with Gasteiger partial charge in [-0.25, -0.2) is 9.59 Å². The number of carboxylic acid groups (broad SMARTS) is 1. The summed E-state index contributed by atoms with van der Waals surface area (Å²) in [6, 6.07) is 23.5. The SMILES string of the molecule is O=C(N[C@H](Cc1c[nH]c2ccc(OCc3ccccc3)cc12)C(=O)O)OCc1ccccc1. The maximum Gasteiger partial charge on any atom is 0.408 e. The number of ether oxygens (including phenoxy) is 2. The van der Waals surface area contributed by atoms with Gasteiger partial charge in [0.05, 0.1) is 0 Å². The summed E-state index contributed by atoms with van der Waals surface area (Å²) in [5.41, 5.74) is 3.48. The molecule has 4 rings (SSSR count). The van der Waals surface area contributed by atoms with Crippen molar-refractivity contribution in [3.8, 4) is 5.75 Å². The summed E-state index contributed by atoms with van der Waals surface area (Å²) in [7, 11) is 0. The Hall–Kier alpha value is -4.26. The Morgan fingerprint density at radius 3 is 2.24 bits per heavy atom. The molecule has 0 fully saturated rings. The zero-order valence-corrected chi connectivity index (χ0v) is 17.9. The number of aromatic amines is 1. The lowest BCUT2D eigenvalue weighted by Gasteiger charge is -2.14. The molecule has 7 heteroatoms. The van der Waals surface area contributed by atoms with Crippen LogP contribution in [0.25, 0.3) is 10.9 Å². The first-order chi connectivity index (χ1) is 16.1. The van der Waals surface area contributed by atoms with Gasteiger partial charge in [0.25, 0.3) is 0 Å². The third kappa shape index (κ3) is 5.92. The van der Waals surface area contributed by atoms with Gasteiger partial charge < -0.3 is 24.9 Å². The van der Waals surface area contributed by atoms with Crippen molar-refractivity contribution >= 4 is 23.0 Å². The largest absolute Gasteiger partial charge is 0.489 e. The van der Waals surface area contributed by atoms with Crippen LogP contribution in [0.2, 0.25) is 0 Å². The van der Waals surface area contributed by atoms with Crippen LogP contribution in [0, 0.1) is 0 Å². The van der Waals surface area contributed by atoms with Crippen molar-refractivity contribution in [3.05, 3.63) is 102 Å². The topological polar surface area (TPSA) is 101 Å². The second kappa shape index (κ2) is 10.4. The molecule has 0 saturated heterocycles. The highest BCUT2D eigenvalue weighted by Crippen LogP contribution is 2.25. The van der Waals surface area contributed by atoms with E-state index in [0.717, 1.165) is 27.6 Å². The van der Waals surface area contributed by atoms with Crippen molar-refractivity contribution in [2.75, 3.05) is 0 Å². The van der Waals surface area contributed by atoms with Gasteiger partial charge in [0.2, 0.25) is 0 Å². The summed E-state index contributed by atoms with van der Waals surface area (Å²) in [5.74, 6) is -0.466. The fourth-order valence-electron chi connectivity index (χ4n) is 3.48. The monoisotopic (exact) mass is 444 g/mol. The standard InChI is InChI=1S/C26H24N2O5/c29-25(30)24(28-26(31)33-17-19-9-5-2-6-10-19)13-20-15-27-23-12-11-21(14-22(20)23)32-16-18-7-3-1-4-8-18/h1-12,14-15,24,27H,13,16-17H2,(H,28,31)(H,29,30)/t24-/m1/s1. The van der Waals surface area contributed by atoms with Crippen LogP contribution in [0.4, 0.5) is 4.79 Å². The molecule has 0 radical (unpaired) electrons. The third-order valence-electron chi connectivity index (χ3n) is 5.21. The van der Waals surface area contributed by atoms with E-state index in [0.29, 0.717) is 12.4 Å². The van der Waals surface area contributed by atoms with E-state index in [-0.39, 0.29) is 13.0 Å². The van der Waals surface area contributed by atoms with Gasteiger partial charge in [0.15, 0.2) is 0 Å². The van der Waals surface area contributed by atoms with E-state index in [2.05, 4.69) is 10.3 Å². The molecule has 3 N–H and O–H groups in total. The van der Waals surface area contributed by atoms with Crippen LogP contribution in [-0.2, 0) is 29.2 Å². The second-order valence-electron chi connectivity index (χ2n) is 7.60. The highest BCUT2D eigenvalue weighted by atomic mass is 16.5. The van der Waals surface area contributed by atoms with Crippen LogP contribution >= 0.6 is 0 Å². The van der Waals surface area contributed by atoms with E-state index in [1.165, 1.54) is 0 Å². The molecule has 0 saturated carbocycles. The number of carbonyl (C=O) groups is 2. The number of hydrogen-bond acceptors (Lipinski definition) is 4. The average molecular weight is 444 g/mol. The minimum absolute atomic E-state index is 0.0637. The molecule has 168 valence electrons. The maximum absolute atomic E-state index is 12.2. The van der Waals surface area contributed by atoms with Crippen LogP contribution in [0.5, 0.6) is 5.75 Å². The van der Waals surface area contributed by atoms with Gasteiger partial charge in [-0.15, -0.1) is 0 Å². The van der Waals surface area contributed by atoms with E-state index in [4.69, 9.17) is 9.47 Å². The van der Waals surface area contributed by atoms with Crippen LogP contribution in [-0.4, -0.2) is 28.2 Å². The summed E-state index contributed by atoms with van der Waals surface area (Å²) >= 11 is 0. The van der Waals surface area contributed by atoms with Crippen molar-refractivity contribution in [1.29, 1.82) is 0 Å². The zero-order chi connectivity index (χ0) is 23.0. The van der Waals surface area contributed by atoms with Crippen molar-refractivity contribution < 1.29 is 24.2 Å². The Kier molecular flexibility index (Phi) is 6.90. The number of amides is 1. The van der Waals surface area contributed by atoms with Gasteiger partial charge in [-0.3, -0.25) is 0 Å². The smallest absolute Gasteiger partial charge is 0.408 e. The van der Waals surface area contributed by atoms with Crippen LogP contribution in [0.3, 0.4) is 0 Å². The third-order valence-corrected chi connectivity index (χ3v) is 5.21. The molecule has 3 aromatic carbocycles. The molecule has 33 heavy (non-hydrogen) atoms. The van der Waals surface area contributed by atoms with Crippen molar-refractivity contribution in [2.45, 2.75) is 25.7 Å². The Morgan fingerprint density at radius 1 is 0.909 bits per heavy atom. The first-order valence-electron chi connectivity index (χ1n) is 10.6.